The standard InChI is InChI=1S/C28H44O10/c1-16-21(30)8-7-18(15-37-25(34)14-27(5,36)13-24(32)33)11-23(38-17(2)29)28(6)10-9-19(26(3,4)35)20(28)12-22(16)31/h11,19-23,30-31,35-36H,1,7-10,12-15H2,2-6H3,(H,32,33). The molecule has 5 N–H and O–H groups in total. The smallest absolute Gasteiger partial charge is 0.309 e. The summed E-state index contributed by atoms with van der Waals surface area (Å²) >= 11 is 0. The van der Waals surface area contributed by atoms with Gasteiger partial charge in [-0.1, -0.05) is 13.5 Å². The van der Waals surface area contributed by atoms with Crippen molar-refractivity contribution in [3.8, 4) is 0 Å². The second-order valence-electron chi connectivity index (χ2n) is 12.1. The molecule has 0 aliphatic heterocycles. The van der Waals surface area contributed by atoms with Crippen LogP contribution in [0.4, 0.5) is 0 Å². The maximum absolute atomic E-state index is 12.4. The number of esters is 2. The monoisotopic (exact) mass is 540 g/mol. The molecule has 0 aromatic carbocycles. The first-order valence-electron chi connectivity index (χ1n) is 13.1. The summed E-state index contributed by atoms with van der Waals surface area (Å²) in [5.41, 5.74) is -2.74. The third-order valence-electron chi connectivity index (χ3n) is 8.11. The van der Waals surface area contributed by atoms with Gasteiger partial charge in [-0.25, -0.2) is 0 Å². The maximum Gasteiger partial charge on any atom is 0.309 e. The average molecular weight is 541 g/mol. The lowest BCUT2D eigenvalue weighted by atomic mass is 9.67. The third-order valence-corrected chi connectivity index (χ3v) is 8.11. The van der Waals surface area contributed by atoms with Crippen molar-refractivity contribution in [2.45, 2.75) is 109 Å². The Morgan fingerprint density at radius 3 is 2.29 bits per heavy atom. The summed E-state index contributed by atoms with van der Waals surface area (Å²) in [7, 11) is 0. The van der Waals surface area contributed by atoms with Gasteiger partial charge in [0.15, 0.2) is 0 Å². The van der Waals surface area contributed by atoms with Crippen LogP contribution in [0.1, 0.15) is 79.6 Å². The van der Waals surface area contributed by atoms with Crippen molar-refractivity contribution >= 4 is 17.9 Å². The fraction of sp³-hybridized carbons (Fsp3) is 0.750. The van der Waals surface area contributed by atoms with Gasteiger partial charge in [0.2, 0.25) is 0 Å². The summed E-state index contributed by atoms with van der Waals surface area (Å²) in [4.78, 5) is 35.5. The summed E-state index contributed by atoms with van der Waals surface area (Å²) in [6.45, 7) is 11.6. The second kappa shape index (κ2) is 12.3. The number of carbonyl (C=O) groups is 3. The predicted octanol–water partition coefficient (Wildman–Crippen LogP) is 2.27. The molecule has 2 rings (SSSR count). The topological polar surface area (TPSA) is 171 Å². The summed E-state index contributed by atoms with van der Waals surface area (Å²) in [5.74, 6) is -3.09. The molecule has 216 valence electrons. The van der Waals surface area contributed by atoms with Crippen LogP contribution in [-0.2, 0) is 23.9 Å². The first kappa shape index (κ1) is 31.9. The summed E-state index contributed by atoms with van der Waals surface area (Å²) in [6.07, 6.45) is -0.446. The van der Waals surface area contributed by atoms with Gasteiger partial charge in [0.1, 0.15) is 12.7 Å². The van der Waals surface area contributed by atoms with Gasteiger partial charge in [0.25, 0.3) is 0 Å². The van der Waals surface area contributed by atoms with E-state index in [2.05, 4.69) is 6.58 Å². The van der Waals surface area contributed by atoms with Crippen LogP contribution in [0.2, 0.25) is 0 Å². The summed E-state index contributed by atoms with van der Waals surface area (Å²) < 4.78 is 11.1. The number of carboxylic acids is 1. The first-order chi connectivity index (χ1) is 17.4. The average Bonchev–Trinajstić information content (AvgIpc) is 3.09. The van der Waals surface area contributed by atoms with Crippen LogP contribution >= 0.6 is 0 Å². The molecular weight excluding hydrogens is 496 g/mol. The number of carbonyl (C=O) groups excluding carboxylic acids is 2. The molecule has 0 saturated heterocycles. The number of fused-ring (bicyclic) bond motifs is 1. The lowest BCUT2D eigenvalue weighted by molar-refractivity contribution is -0.154. The molecule has 2 aliphatic rings. The van der Waals surface area contributed by atoms with Crippen LogP contribution in [-0.4, -0.2) is 79.6 Å². The molecule has 10 heteroatoms. The zero-order chi connectivity index (χ0) is 29.1. The van der Waals surface area contributed by atoms with Gasteiger partial charge < -0.3 is 35.0 Å². The van der Waals surface area contributed by atoms with E-state index in [1.165, 1.54) is 13.8 Å². The molecule has 0 bridgehead atoms. The molecule has 1 saturated carbocycles. The van der Waals surface area contributed by atoms with Crippen molar-refractivity contribution in [2.24, 2.45) is 17.3 Å². The number of carboxylic acid groups (broad SMARTS) is 1. The van der Waals surface area contributed by atoms with Gasteiger partial charge in [-0.3, -0.25) is 14.4 Å². The van der Waals surface area contributed by atoms with Crippen molar-refractivity contribution in [3.63, 3.8) is 0 Å². The minimum atomic E-state index is -1.79. The van der Waals surface area contributed by atoms with E-state index in [0.717, 1.165) is 0 Å². The highest BCUT2D eigenvalue weighted by Gasteiger charge is 2.54. The molecule has 0 amide bonds. The Morgan fingerprint density at radius 2 is 1.74 bits per heavy atom. The van der Waals surface area contributed by atoms with Crippen molar-refractivity contribution in [2.75, 3.05) is 6.61 Å². The van der Waals surface area contributed by atoms with Gasteiger partial charge in [-0.05, 0) is 81.9 Å². The second-order valence-corrected chi connectivity index (χ2v) is 12.1. The number of rotatable bonds is 8. The summed E-state index contributed by atoms with van der Waals surface area (Å²) in [5, 5.41) is 51.8. The van der Waals surface area contributed by atoms with Crippen LogP contribution in [0, 0.1) is 17.3 Å². The van der Waals surface area contributed by atoms with E-state index in [4.69, 9.17) is 14.6 Å². The molecule has 0 spiro atoms. The highest BCUT2D eigenvalue weighted by atomic mass is 16.5. The van der Waals surface area contributed by atoms with Crippen molar-refractivity contribution in [1.82, 2.24) is 0 Å². The van der Waals surface area contributed by atoms with Crippen LogP contribution in [0.25, 0.3) is 0 Å². The Hall–Kier alpha value is -2.27. The zero-order valence-corrected chi connectivity index (χ0v) is 23.1. The number of aliphatic carboxylic acids is 1. The number of hydrogen-bond acceptors (Lipinski definition) is 9. The van der Waals surface area contributed by atoms with Gasteiger partial charge in [-0.2, -0.15) is 0 Å². The van der Waals surface area contributed by atoms with Crippen LogP contribution in [0.15, 0.2) is 23.8 Å². The molecule has 0 aromatic heterocycles. The van der Waals surface area contributed by atoms with E-state index in [9.17, 15) is 34.8 Å². The lowest BCUT2D eigenvalue weighted by Gasteiger charge is -2.42. The fourth-order valence-electron chi connectivity index (χ4n) is 5.95. The highest BCUT2D eigenvalue weighted by molar-refractivity contribution is 5.74. The van der Waals surface area contributed by atoms with E-state index in [1.807, 2.05) is 6.92 Å². The Morgan fingerprint density at radius 1 is 1.11 bits per heavy atom. The van der Waals surface area contributed by atoms with E-state index < -0.39 is 65.7 Å². The predicted molar refractivity (Wildman–Crippen MR) is 138 cm³/mol. The van der Waals surface area contributed by atoms with Gasteiger partial charge in [0.05, 0.1) is 36.3 Å². The van der Waals surface area contributed by atoms with Crippen LogP contribution in [0.5, 0.6) is 0 Å². The van der Waals surface area contributed by atoms with E-state index in [1.54, 1.807) is 19.9 Å². The van der Waals surface area contributed by atoms with E-state index >= 15 is 0 Å². The number of hydrogen-bond donors (Lipinski definition) is 5. The molecule has 0 heterocycles. The molecule has 1 fully saturated rings. The summed E-state index contributed by atoms with van der Waals surface area (Å²) in [6, 6.07) is 0. The van der Waals surface area contributed by atoms with E-state index in [0.29, 0.717) is 18.4 Å². The number of aliphatic hydroxyl groups excluding tert-OH is 2. The Labute approximate surface area is 224 Å². The zero-order valence-electron chi connectivity index (χ0n) is 23.1. The van der Waals surface area contributed by atoms with Gasteiger partial charge in [0, 0.05) is 12.3 Å². The van der Waals surface area contributed by atoms with Crippen LogP contribution < -0.4 is 0 Å². The molecule has 0 radical (unpaired) electrons. The molecule has 0 aromatic rings. The van der Waals surface area contributed by atoms with E-state index in [-0.39, 0.29) is 43.3 Å². The Kier molecular flexibility index (Phi) is 10.3. The first-order valence-corrected chi connectivity index (χ1v) is 13.1. The molecule has 7 atom stereocenters. The molecule has 10 nitrogen and oxygen atoms in total. The highest BCUT2D eigenvalue weighted by Crippen LogP contribution is 2.56. The van der Waals surface area contributed by atoms with Crippen LogP contribution in [0.3, 0.4) is 0 Å². The minimum absolute atomic E-state index is 0.166. The third kappa shape index (κ3) is 8.36. The SMILES string of the molecule is C=C1C(O)CCC(COC(=O)CC(C)(O)CC(=O)O)=CC(OC(C)=O)C2(C)CCC(C(C)(C)O)C2CC1O. The van der Waals surface area contributed by atoms with Gasteiger partial charge >= 0.3 is 17.9 Å². The molecular formula is C28H44O10. The Balaban J connectivity index is 2.44. The van der Waals surface area contributed by atoms with Crippen molar-refractivity contribution in [3.05, 3.63) is 23.8 Å². The Bertz CT molecular complexity index is 930. The normalized spacial score (nSPS) is 32.3. The molecule has 7 unspecified atom stereocenters. The number of ether oxygens (including phenoxy) is 2. The quantitative estimate of drug-likeness (QED) is 0.227. The van der Waals surface area contributed by atoms with Gasteiger partial charge in [-0.15, -0.1) is 0 Å². The lowest BCUT2D eigenvalue weighted by Crippen LogP contribution is -2.45. The maximum atomic E-state index is 12.4. The largest absolute Gasteiger partial charge is 0.481 e. The van der Waals surface area contributed by atoms with Crippen molar-refractivity contribution < 1.29 is 49.4 Å². The number of aliphatic hydroxyl groups is 4. The molecule has 2 aliphatic carbocycles. The fourth-order valence-corrected chi connectivity index (χ4v) is 5.95. The molecule has 38 heavy (non-hydrogen) atoms. The minimum Gasteiger partial charge on any atom is -0.481 e. The van der Waals surface area contributed by atoms with Crippen molar-refractivity contribution in [1.29, 1.82) is 0 Å².